The highest BCUT2D eigenvalue weighted by molar-refractivity contribution is 6.36. The summed E-state index contributed by atoms with van der Waals surface area (Å²) < 4.78 is 6.56. The van der Waals surface area contributed by atoms with E-state index in [0.29, 0.717) is 70.4 Å². The third-order valence-corrected chi connectivity index (χ3v) is 16.6. The van der Waals surface area contributed by atoms with Gasteiger partial charge < -0.3 is 50.0 Å². The van der Waals surface area contributed by atoms with Crippen LogP contribution < -0.4 is 19.9 Å². The number of carbonyl (C=O) groups is 5. The summed E-state index contributed by atoms with van der Waals surface area (Å²) >= 11 is 6.78. The van der Waals surface area contributed by atoms with Gasteiger partial charge in [-0.25, -0.2) is 6.57 Å². The molecule has 0 radical (unpaired) electrons. The summed E-state index contributed by atoms with van der Waals surface area (Å²) in [6.45, 7) is 24.6. The van der Waals surface area contributed by atoms with Crippen molar-refractivity contribution in [3.63, 3.8) is 0 Å². The lowest BCUT2D eigenvalue weighted by molar-refractivity contribution is -0.142. The second-order valence-corrected chi connectivity index (χ2v) is 22.5. The standard InChI is InChI=1S/C57H81ClN12O10/c1-7-51(73)70-23-22-65(31-44(70)26-59-6)56-46-17-21-64(49-25-45(71)24-42-14-12-16-47(58)55(42)49)32-48(46)61-57(62-56)80-37-43-15-13-20-63(43)19-11-9-8-10-18-60-50(72)33-66-27-39(3)68(35-53(76)77)29-41(5)69(36-54(78)79)30-40(4)67(28-38(66)2)34-52(74)75/h7,12,14,16,24-25,38-41,43-44,71H,1,8-11,13,15,17-23,26-37H2,2-5H3,(H,60,72)(H,74,75)(H,76,77)(H,78,79)/t38-,39-,40-,41-,43-,44-/m0/s1. The molecule has 436 valence electrons. The van der Waals surface area contributed by atoms with Gasteiger partial charge in [-0.1, -0.05) is 43.2 Å². The van der Waals surface area contributed by atoms with Gasteiger partial charge in [0.2, 0.25) is 18.4 Å². The average molecular weight is 1130 g/mol. The number of nitrogens with zero attached hydrogens (tertiary/aromatic N) is 11. The van der Waals surface area contributed by atoms with Crippen molar-refractivity contribution in [3.05, 3.63) is 70.7 Å². The molecule has 4 aliphatic rings. The van der Waals surface area contributed by atoms with E-state index in [0.717, 1.165) is 85.1 Å². The molecule has 4 aliphatic heterocycles. The Bertz CT molecular complexity index is 2700. The van der Waals surface area contributed by atoms with Crippen LogP contribution in [0.2, 0.25) is 5.02 Å². The summed E-state index contributed by atoms with van der Waals surface area (Å²) in [5.74, 6) is -2.54. The molecular formula is C57H81ClN12O10. The number of piperazine rings is 1. The molecule has 5 N–H and O–H groups in total. The second-order valence-electron chi connectivity index (χ2n) is 22.1. The first-order chi connectivity index (χ1) is 38.3. The van der Waals surface area contributed by atoms with Crippen molar-refractivity contribution in [3.8, 4) is 11.8 Å². The Kier molecular flexibility index (Phi) is 22.1. The van der Waals surface area contributed by atoms with E-state index in [1.165, 1.54) is 6.08 Å². The molecule has 3 aromatic rings. The number of carboxylic acids is 3. The van der Waals surface area contributed by atoms with E-state index in [9.17, 15) is 44.4 Å². The van der Waals surface area contributed by atoms with Crippen molar-refractivity contribution >= 4 is 63.6 Å². The molecule has 2 aromatic carbocycles. The van der Waals surface area contributed by atoms with Crippen molar-refractivity contribution in [2.45, 2.75) is 115 Å². The van der Waals surface area contributed by atoms with Crippen molar-refractivity contribution < 1.29 is 49.1 Å². The quantitative estimate of drug-likeness (QED) is 0.0537. The van der Waals surface area contributed by atoms with Gasteiger partial charge in [0, 0.05) is 106 Å². The third-order valence-electron chi connectivity index (χ3n) is 16.2. The number of nitrogens with one attached hydrogen (secondary N) is 1. The molecule has 0 bridgehead atoms. The predicted octanol–water partition coefficient (Wildman–Crippen LogP) is 4.22. The van der Waals surface area contributed by atoms with Gasteiger partial charge in [0.25, 0.3) is 0 Å². The number of rotatable bonds is 22. The van der Waals surface area contributed by atoms with Crippen LogP contribution in [0.4, 0.5) is 11.5 Å². The smallest absolute Gasteiger partial charge is 0.318 e. The number of likely N-dealkylation sites (tertiary alicyclic amines) is 1. The number of phenols is 1. The van der Waals surface area contributed by atoms with E-state index in [4.69, 9.17) is 32.9 Å². The summed E-state index contributed by atoms with van der Waals surface area (Å²) in [6.07, 6.45) is 7.54. The zero-order valence-corrected chi connectivity index (χ0v) is 47.6. The van der Waals surface area contributed by atoms with E-state index >= 15 is 0 Å². The van der Waals surface area contributed by atoms with Crippen LogP contribution >= 0.6 is 11.6 Å². The molecule has 2 amide bonds. The number of aromatic nitrogens is 2. The Balaban J connectivity index is 0.942. The monoisotopic (exact) mass is 1130 g/mol. The number of anilines is 2. The third kappa shape index (κ3) is 16.4. The van der Waals surface area contributed by atoms with Crippen molar-refractivity contribution in [2.75, 3.05) is 121 Å². The van der Waals surface area contributed by atoms with Crippen LogP contribution in [0.5, 0.6) is 11.8 Å². The van der Waals surface area contributed by atoms with Gasteiger partial charge in [-0.15, -0.1) is 0 Å². The molecule has 6 atom stereocenters. The molecule has 23 heteroatoms. The average Bonchev–Trinajstić information content (AvgIpc) is 3.89. The van der Waals surface area contributed by atoms with Gasteiger partial charge in [0.15, 0.2) is 0 Å². The van der Waals surface area contributed by atoms with Crippen LogP contribution in [0.1, 0.15) is 77.5 Å². The maximum Gasteiger partial charge on any atom is 0.318 e. The van der Waals surface area contributed by atoms with Crippen molar-refractivity contribution in [1.29, 1.82) is 0 Å². The zero-order chi connectivity index (χ0) is 57.6. The van der Waals surface area contributed by atoms with Gasteiger partial charge in [0.05, 0.1) is 49.1 Å². The molecule has 7 rings (SSSR count). The van der Waals surface area contributed by atoms with Gasteiger partial charge in [-0.2, -0.15) is 9.97 Å². The largest absolute Gasteiger partial charge is 0.508 e. The molecule has 1 aromatic heterocycles. The lowest BCUT2D eigenvalue weighted by Crippen LogP contribution is -2.58. The first-order valence-corrected chi connectivity index (χ1v) is 28.5. The highest BCUT2D eigenvalue weighted by Crippen LogP contribution is 2.40. The SMILES string of the molecule is [C-]#[N+]C[C@H]1CN(c2nc(OC[C@@H]3CCCN3CCCCCCNC(=O)CN3C[C@H](C)N(CC(=O)O)C[C@H](C)N(CC(=O)O)C[C@H](C)N(CC(=O)O)C[C@@H]3C)nc3c2CCN(c2cc(O)cc4cccc(Cl)c24)C3)CCN1C(=O)C=C. The minimum Gasteiger partial charge on any atom is -0.508 e. The summed E-state index contributed by atoms with van der Waals surface area (Å²) in [5.41, 5.74) is 2.60. The number of aliphatic carboxylic acids is 3. The molecular weight excluding hydrogens is 1050 g/mol. The number of halogens is 1. The fourth-order valence-electron chi connectivity index (χ4n) is 12.0. The Morgan fingerprint density at radius 2 is 1.40 bits per heavy atom. The Morgan fingerprint density at radius 3 is 2.01 bits per heavy atom. The molecule has 3 saturated heterocycles. The molecule has 0 spiro atoms. The highest BCUT2D eigenvalue weighted by atomic mass is 35.5. The Labute approximate surface area is 474 Å². The van der Waals surface area contributed by atoms with Crippen molar-refractivity contribution in [1.82, 2.24) is 44.7 Å². The van der Waals surface area contributed by atoms with Gasteiger partial charge in [0.1, 0.15) is 24.2 Å². The number of fused-ring (bicyclic) bond motifs is 2. The number of phenolic OH excluding ortho intramolecular Hbond substituents is 1. The second kappa shape index (κ2) is 28.9. The number of hydrogen-bond acceptors (Lipinski definition) is 16. The van der Waals surface area contributed by atoms with E-state index < -0.39 is 17.9 Å². The number of benzene rings is 2. The topological polar surface area (TPSA) is 244 Å². The predicted molar refractivity (Wildman–Crippen MR) is 305 cm³/mol. The highest BCUT2D eigenvalue weighted by Gasteiger charge is 2.37. The molecule has 0 unspecified atom stereocenters. The lowest BCUT2D eigenvalue weighted by Gasteiger charge is -2.43. The molecule has 22 nitrogen and oxygen atoms in total. The molecule has 0 saturated carbocycles. The van der Waals surface area contributed by atoms with E-state index in [1.807, 2.05) is 50.8 Å². The Morgan fingerprint density at radius 1 is 0.775 bits per heavy atom. The van der Waals surface area contributed by atoms with Gasteiger partial charge in [-0.05, 0) is 96.5 Å². The minimum atomic E-state index is -1.03. The normalized spacial score (nSPS) is 23.2. The first-order valence-electron chi connectivity index (χ1n) is 28.1. The maximum absolute atomic E-state index is 13.6. The number of carbonyl (C=O) groups excluding carboxylic acids is 2. The van der Waals surface area contributed by atoms with Gasteiger partial charge in [-0.3, -0.25) is 48.5 Å². The number of unbranched alkanes of at least 4 members (excludes halogenated alkanes) is 3. The minimum absolute atomic E-state index is 0.0436. The van der Waals surface area contributed by atoms with Crippen LogP contribution in [-0.4, -0.2) is 237 Å². The summed E-state index contributed by atoms with van der Waals surface area (Å²) in [4.78, 5) is 92.0. The van der Waals surface area contributed by atoms with Crippen molar-refractivity contribution in [2.24, 2.45) is 0 Å². The van der Waals surface area contributed by atoms with Crippen LogP contribution in [0.25, 0.3) is 15.6 Å². The number of carboxylic acid groups (broad SMARTS) is 3. The summed E-state index contributed by atoms with van der Waals surface area (Å²) in [5, 5.41) is 45.5. The maximum atomic E-state index is 13.6. The molecule has 0 aliphatic carbocycles. The Hall–Kier alpha value is -6.35. The van der Waals surface area contributed by atoms with E-state index in [-0.39, 0.29) is 106 Å². The zero-order valence-electron chi connectivity index (χ0n) is 46.8. The fraction of sp³-hybridized carbons (Fsp3) is 0.614. The van der Waals surface area contributed by atoms with Crippen LogP contribution in [0.15, 0.2) is 43.0 Å². The van der Waals surface area contributed by atoms with Crippen LogP contribution in [0.3, 0.4) is 0 Å². The van der Waals surface area contributed by atoms with Crippen LogP contribution in [0, 0.1) is 6.57 Å². The number of amides is 2. The number of ether oxygens (including phenoxy) is 1. The van der Waals surface area contributed by atoms with Crippen LogP contribution in [-0.2, 0) is 36.9 Å². The number of aromatic hydroxyl groups is 1. The van der Waals surface area contributed by atoms with Gasteiger partial charge >= 0.3 is 23.9 Å². The molecule has 80 heavy (non-hydrogen) atoms. The van der Waals surface area contributed by atoms with E-state index in [2.05, 4.69) is 31.4 Å². The lowest BCUT2D eigenvalue weighted by atomic mass is 10.0. The number of hydrogen-bond donors (Lipinski definition) is 5. The summed E-state index contributed by atoms with van der Waals surface area (Å²) in [7, 11) is 0. The molecule has 5 heterocycles. The first kappa shape index (κ1) is 61.3. The fourth-order valence-corrected chi connectivity index (χ4v) is 12.3. The van der Waals surface area contributed by atoms with E-state index in [1.54, 1.807) is 31.7 Å². The summed E-state index contributed by atoms with van der Waals surface area (Å²) in [6, 6.07) is 7.87. The molecule has 3 fully saturated rings.